The Morgan fingerprint density at radius 1 is 1.40 bits per heavy atom. The van der Waals surface area contributed by atoms with E-state index in [0.29, 0.717) is 0 Å². The highest BCUT2D eigenvalue weighted by Gasteiger charge is 2.24. The molecule has 0 bridgehead atoms. The zero-order chi connectivity index (χ0) is 14.4. The van der Waals surface area contributed by atoms with E-state index in [-0.39, 0.29) is 12.0 Å². The van der Waals surface area contributed by atoms with Crippen molar-refractivity contribution in [1.29, 1.82) is 0 Å². The standard InChI is InChI=1S/C15H23N3OS/c1-3-15(4-2,11-19)10-16-8-12-9-17-18-14(12)13-6-5-7-20-13/h5-7,9,16,19H,3-4,8,10-11H2,1-2H3,(H,17,18). The summed E-state index contributed by atoms with van der Waals surface area (Å²) in [5.74, 6) is 0. The molecule has 3 N–H and O–H groups in total. The van der Waals surface area contributed by atoms with Crippen molar-refractivity contribution in [2.24, 2.45) is 5.41 Å². The first-order valence-electron chi connectivity index (χ1n) is 7.12. The normalized spacial score (nSPS) is 11.9. The fourth-order valence-electron chi connectivity index (χ4n) is 2.32. The molecule has 0 saturated heterocycles. The molecule has 0 aliphatic rings. The molecule has 110 valence electrons. The first-order valence-corrected chi connectivity index (χ1v) is 8.00. The molecule has 0 saturated carbocycles. The van der Waals surface area contributed by atoms with Crippen molar-refractivity contribution in [2.75, 3.05) is 13.2 Å². The predicted molar refractivity (Wildman–Crippen MR) is 83.7 cm³/mol. The van der Waals surface area contributed by atoms with Crippen LogP contribution in [0, 0.1) is 5.41 Å². The van der Waals surface area contributed by atoms with Gasteiger partial charge in [0.15, 0.2) is 0 Å². The first kappa shape index (κ1) is 15.2. The van der Waals surface area contributed by atoms with E-state index in [1.165, 1.54) is 10.4 Å². The second-order valence-corrected chi connectivity index (χ2v) is 6.16. The third-order valence-electron chi connectivity index (χ3n) is 4.14. The summed E-state index contributed by atoms with van der Waals surface area (Å²) in [5.41, 5.74) is 2.26. The number of hydrogen-bond acceptors (Lipinski definition) is 4. The van der Waals surface area contributed by atoms with E-state index in [1.54, 1.807) is 11.3 Å². The number of nitrogens with zero attached hydrogens (tertiary/aromatic N) is 1. The third-order valence-corrected chi connectivity index (χ3v) is 5.02. The molecule has 20 heavy (non-hydrogen) atoms. The molecule has 0 spiro atoms. The average molecular weight is 293 g/mol. The van der Waals surface area contributed by atoms with Crippen molar-refractivity contribution in [1.82, 2.24) is 15.5 Å². The molecular formula is C15H23N3OS. The van der Waals surface area contributed by atoms with E-state index < -0.39 is 0 Å². The highest BCUT2D eigenvalue weighted by atomic mass is 32.1. The number of hydrogen-bond donors (Lipinski definition) is 3. The van der Waals surface area contributed by atoms with Gasteiger partial charge in [-0.2, -0.15) is 5.10 Å². The SMILES string of the molecule is CCC(CC)(CO)CNCc1cn[nH]c1-c1cccs1. The van der Waals surface area contributed by atoms with Crippen LogP contribution >= 0.6 is 11.3 Å². The zero-order valence-electron chi connectivity index (χ0n) is 12.1. The number of H-pyrrole nitrogens is 1. The van der Waals surface area contributed by atoms with Gasteiger partial charge < -0.3 is 10.4 Å². The van der Waals surface area contributed by atoms with E-state index in [4.69, 9.17) is 0 Å². The number of aliphatic hydroxyl groups excluding tert-OH is 1. The van der Waals surface area contributed by atoms with Crippen LogP contribution in [0.4, 0.5) is 0 Å². The van der Waals surface area contributed by atoms with Crippen LogP contribution in [0.5, 0.6) is 0 Å². The topological polar surface area (TPSA) is 60.9 Å². The zero-order valence-corrected chi connectivity index (χ0v) is 13.0. The maximum Gasteiger partial charge on any atom is 0.0794 e. The van der Waals surface area contributed by atoms with Crippen LogP contribution in [0.25, 0.3) is 10.6 Å². The summed E-state index contributed by atoms with van der Waals surface area (Å²) in [6.07, 6.45) is 3.84. The summed E-state index contributed by atoms with van der Waals surface area (Å²) >= 11 is 1.71. The van der Waals surface area contributed by atoms with Gasteiger partial charge in [0.1, 0.15) is 0 Å². The largest absolute Gasteiger partial charge is 0.396 e. The van der Waals surface area contributed by atoms with Crippen molar-refractivity contribution in [2.45, 2.75) is 33.2 Å². The average Bonchev–Trinajstić information content (AvgIpc) is 3.14. The third kappa shape index (κ3) is 3.29. The van der Waals surface area contributed by atoms with Gasteiger partial charge in [-0.15, -0.1) is 11.3 Å². The second-order valence-electron chi connectivity index (χ2n) is 5.22. The van der Waals surface area contributed by atoms with Crippen molar-refractivity contribution in [3.05, 3.63) is 29.3 Å². The monoisotopic (exact) mass is 293 g/mol. The van der Waals surface area contributed by atoms with Crippen LogP contribution in [-0.4, -0.2) is 28.5 Å². The van der Waals surface area contributed by atoms with E-state index >= 15 is 0 Å². The molecule has 2 rings (SSSR count). The minimum Gasteiger partial charge on any atom is -0.396 e. The Bertz CT molecular complexity index is 495. The van der Waals surface area contributed by atoms with E-state index in [9.17, 15) is 5.11 Å². The minimum absolute atomic E-state index is 0.00711. The molecule has 4 nitrogen and oxygen atoms in total. The van der Waals surface area contributed by atoms with Gasteiger partial charge in [-0.3, -0.25) is 5.10 Å². The number of nitrogens with one attached hydrogen (secondary N) is 2. The molecule has 0 radical (unpaired) electrons. The fourth-order valence-corrected chi connectivity index (χ4v) is 3.08. The molecule has 5 heteroatoms. The van der Waals surface area contributed by atoms with Gasteiger partial charge in [0.2, 0.25) is 0 Å². The lowest BCUT2D eigenvalue weighted by Gasteiger charge is -2.29. The Morgan fingerprint density at radius 2 is 2.20 bits per heavy atom. The Balaban J connectivity index is 1.97. The molecule has 0 aliphatic carbocycles. The van der Waals surface area contributed by atoms with Gasteiger partial charge in [0.05, 0.1) is 16.8 Å². The Kier molecular flexibility index (Phi) is 5.34. The highest BCUT2D eigenvalue weighted by Crippen LogP contribution is 2.27. The van der Waals surface area contributed by atoms with Crippen molar-refractivity contribution in [3.8, 4) is 10.6 Å². The summed E-state index contributed by atoms with van der Waals surface area (Å²) in [5, 5.41) is 22.3. The molecule has 0 aromatic carbocycles. The van der Waals surface area contributed by atoms with Crippen LogP contribution in [-0.2, 0) is 6.54 Å². The number of aromatic nitrogens is 2. The van der Waals surface area contributed by atoms with Crippen molar-refractivity contribution in [3.63, 3.8) is 0 Å². The highest BCUT2D eigenvalue weighted by molar-refractivity contribution is 7.13. The van der Waals surface area contributed by atoms with Crippen LogP contribution in [0.2, 0.25) is 0 Å². The van der Waals surface area contributed by atoms with Crippen LogP contribution in [0.1, 0.15) is 32.3 Å². The predicted octanol–water partition coefficient (Wildman–Crippen LogP) is 3.03. The minimum atomic E-state index is -0.00711. The lowest BCUT2D eigenvalue weighted by molar-refractivity contribution is 0.113. The summed E-state index contributed by atoms with van der Waals surface area (Å²) in [7, 11) is 0. The van der Waals surface area contributed by atoms with E-state index in [0.717, 1.165) is 31.6 Å². The molecular weight excluding hydrogens is 270 g/mol. The number of aliphatic hydroxyl groups is 1. The molecule has 2 aromatic rings. The molecule has 0 fully saturated rings. The van der Waals surface area contributed by atoms with Gasteiger partial charge in [0, 0.05) is 30.7 Å². The molecule has 0 unspecified atom stereocenters. The summed E-state index contributed by atoms with van der Waals surface area (Å²) < 4.78 is 0. The Hall–Kier alpha value is -1.17. The van der Waals surface area contributed by atoms with Crippen LogP contribution in [0.15, 0.2) is 23.7 Å². The molecule has 2 heterocycles. The van der Waals surface area contributed by atoms with Gasteiger partial charge in [-0.25, -0.2) is 0 Å². The van der Waals surface area contributed by atoms with Crippen molar-refractivity contribution < 1.29 is 5.11 Å². The number of rotatable bonds is 8. The van der Waals surface area contributed by atoms with Crippen LogP contribution in [0.3, 0.4) is 0 Å². The number of aromatic amines is 1. The van der Waals surface area contributed by atoms with Gasteiger partial charge in [0.25, 0.3) is 0 Å². The van der Waals surface area contributed by atoms with Gasteiger partial charge in [-0.1, -0.05) is 19.9 Å². The second kappa shape index (κ2) is 7.02. The van der Waals surface area contributed by atoms with E-state index in [1.807, 2.05) is 12.3 Å². The quantitative estimate of drug-likeness (QED) is 0.701. The lowest BCUT2D eigenvalue weighted by atomic mass is 9.83. The maximum atomic E-state index is 9.58. The Morgan fingerprint density at radius 3 is 2.80 bits per heavy atom. The lowest BCUT2D eigenvalue weighted by Crippen LogP contribution is -2.36. The molecule has 0 aliphatic heterocycles. The van der Waals surface area contributed by atoms with Crippen molar-refractivity contribution >= 4 is 11.3 Å². The molecule has 2 aromatic heterocycles. The fraction of sp³-hybridized carbons (Fsp3) is 0.533. The summed E-state index contributed by atoms with van der Waals surface area (Å²) in [6, 6.07) is 4.14. The smallest absolute Gasteiger partial charge is 0.0794 e. The van der Waals surface area contributed by atoms with E-state index in [2.05, 4.69) is 40.8 Å². The number of thiophene rings is 1. The molecule has 0 atom stereocenters. The first-order chi connectivity index (χ1) is 9.74. The van der Waals surface area contributed by atoms with Gasteiger partial charge >= 0.3 is 0 Å². The molecule has 0 amide bonds. The Labute approximate surface area is 124 Å². The maximum absolute atomic E-state index is 9.58. The summed E-state index contributed by atoms with van der Waals surface area (Å²) in [4.78, 5) is 1.21. The van der Waals surface area contributed by atoms with Gasteiger partial charge in [-0.05, 0) is 24.3 Å². The van der Waals surface area contributed by atoms with Crippen LogP contribution < -0.4 is 5.32 Å². The summed E-state index contributed by atoms with van der Waals surface area (Å²) in [6.45, 7) is 6.10.